The van der Waals surface area contributed by atoms with E-state index in [0.717, 1.165) is 69.1 Å². The van der Waals surface area contributed by atoms with Crippen molar-refractivity contribution in [1.29, 1.82) is 0 Å². The Bertz CT molecular complexity index is 753. The molecular weight excluding hydrogens is 505 g/mol. The zero-order valence-corrected chi connectivity index (χ0v) is 21.1. The summed E-state index contributed by atoms with van der Waals surface area (Å²) in [5, 5.41) is 6.69. The number of amides is 2. The van der Waals surface area contributed by atoms with E-state index in [4.69, 9.17) is 4.99 Å². The molecule has 1 atom stereocenters. The summed E-state index contributed by atoms with van der Waals surface area (Å²) in [6.45, 7) is 8.06. The van der Waals surface area contributed by atoms with Crippen molar-refractivity contribution in [1.82, 2.24) is 15.5 Å². The van der Waals surface area contributed by atoms with E-state index in [1.54, 1.807) is 0 Å². The van der Waals surface area contributed by atoms with Gasteiger partial charge >= 0.3 is 0 Å². The van der Waals surface area contributed by atoms with E-state index in [-0.39, 0.29) is 29.9 Å². The first-order chi connectivity index (χ1) is 14.6. The van der Waals surface area contributed by atoms with Gasteiger partial charge in [-0.25, -0.2) is 4.99 Å². The quantitative estimate of drug-likeness (QED) is 0.286. The lowest BCUT2D eigenvalue weighted by Crippen LogP contribution is -2.42. The first-order valence-corrected chi connectivity index (χ1v) is 11.3. The second-order valence-electron chi connectivity index (χ2n) is 7.98. The summed E-state index contributed by atoms with van der Waals surface area (Å²) < 4.78 is 0. The highest BCUT2D eigenvalue weighted by atomic mass is 127. The predicted octanol–water partition coefficient (Wildman–Crippen LogP) is 3.28. The van der Waals surface area contributed by atoms with Crippen molar-refractivity contribution in [2.24, 2.45) is 4.99 Å². The van der Waals surface area contributed by atoms with Gasteiger partial charge in [0, 0.05) is 50.7 Å². The number of aliphatic imine (C=N–C) groups is 1. The predicted molar refractivity (Wildman–Crippen MR) is 136 cm³/mol. The number of rotatable bonds is 9. The zero-order chi connectivity index (χ0) is 21.3. The van der Waals surface area contributed by atoms with Crippen molar-refractivity contribution in [3.8, 4) is 0 Å². The number of hydrogen-bond acceptors (Lipinski definition) is 3. The Morgan fingerprint density at radius 3 is 2.32 bits per heavy atom. The molecule has 0 bridgehead atoms. The molecule has 31 heavy (non-hydrogen) atoms. The van der Waals surface area contributed by atoms with Gasteiger partial charge in [0.25, 0.3) is 0 Å². The Balaban J connectivity index is 0.00000341. The minimum Gasteiger partial charge on any atom is -0.357 e. The monoisotopic (exact) mass is 541 g/mol. The third-order valence-electron chi connectivity index (χ3n) is 5.88. The number of nitrogens with one attached hydrogen (secondary N) is 2. The van der Waals surface area contributed by atoms with Crippen LogP contribution >= 0.6 is 24.0 Å². The van der Waals surface area contributed by atoms with Crippen LogP contribution in [0.1, 0.15) is 57.9 Å². The lowest BCUT2D eigenvalue weighted by Gasteiger charge is -2.27. The van der Waals surface area contributed by atoms with Crippen LogP contribution in [0.3, 0.4) is 0 Å². The van der Waals surface area contributed by atoms with E-state index in [9.17, 15) is 9.59 Å². The molecule has 2 heterocycles. The molecule has 2 aliphatic heterocycles. The zero-order valence-electron chi connectivity index (χ0n) is 18.7. The normalized spacial score (nSPS) is 17.7. The Labute approximate surface area is 203 Å². The van der Waals surface area contributed by atoms with Gasteiger partial charge in [0.1, 0.15) is 0 Å². The summed E-state index contributed by atoms with van der Waals surface area (Å²) in [4.78, 5) is 32.5. The van der Waals surface area contributed by atoms with Crippen LogP contribution in [0, 0.1) is 0 Å². The molecule has 7 nitrogen and oxygen atoms in total. The maximum absolute atomic E-state index is 12.0. The molecule has 2 amide bonds. The number of carbonyl (C=O) groups excluding carboxylic acids is 2. The second-order valence-corrected chi connectivity index (χ2v) is 7.98. The maximum Gasteiger partial charge on any atom is 0.227 e. The van der Waals surface area contributed by atoms with Crippen LogP contribution in [0.4, 0.5) is 5.69 Å². The van der Waals surface area contributed by atoms with Gasteiger partial charge in [-0.3, -0.25) is 9.59 Å². The number of benzene rings is 1. The highest BCUT2D eigenvalue weighted by molar-refractivity contribution is 14.0. The van der Waals surface area contributed by atoms with E-state index in [0.29, 0.717) is 31.3 Å². The third kappa shape index (κ3) is 7.08. The highest BCUT2D eigenvalue weighted by Crippen LogP contribution is 2.22. The van der Waals surface area contributed by atoms with Crippen molar-refractivity contribution in [2.75, 3.05) is 31.1 Å². The van der Waals surface area contributed by atoms with Gasteiger partial charge in [0.05, 0.1) is 6.54 Å². The fourth-order valence-electron chi connectivity index (χ4n) is 4.21. The smallest absolute Gasteiger partial charge is 0.227 e. The summed E-state index contributed by atoms with van der Waals surface area (Å²) in [5.74, 6) is 1.29. The SMILES string of the molecule is CCNC(=NCc1ccc(N2CCCC2=O)cc1)NCCC(CC)N1CCCC1=O.I. The first-order valence-electron chi connectivity index (χ1n) is 11.3. The topological polar surface area (TPSA) is 77.0 Å². The number of halogens is 1. The fourth-order valence-corrected chi connectivity index (χ4v) is 4.21. The second kappa shape index (κ2) is 12.9. The minimum absolute atomic E-state index is 0. The molecule has 0 radical (unpaired) electrons. The van der Waals surface area contributed by atoms with E-state index in [1.165, 1.54) is 0 Å². The van der Waals surface area contributed by atoms with Gasteiger partial charge in [0.15, 0.2) is 5.96 Å². The van der Waals surface area contributed by atoms with Crippen LogP contribution in [0.5, 0.6) is 0 Å². The van der Waals surface area contributed by atoms with Gasteiger partial charge in [0.2, 0.25) is 11.8 Å². The summed E-state index contributed by atoms with van der Waals surface area (Å²) in [6, 6.07) is 8.40. The molecule has 0 aliphatic carbocycles. The van der Waals surface area contributed by atoms with Crippen LogP contribution in [-0.4, -0.2) is 54.9 Å². The summed E-state index contributed by atoms with van der Waals surface area (Å²) in [6.07, 6.45) is 5.16. The standard InChI is InChI=1S/C23H35N5O2.HI/c1-3-19(27-15-5-7-21(27)29)13-14-25-23(24-4-2)26-17-18-9-11-20(12-10-18)28-16-6-8-22(28)30;/h9-12,19H,3-8,13-17H2,1-2H3,(H2,24,25,26);1H. The van der Waals surface area contributed by atoms with Gasteiger partial charge in [-0.15, -0.1) is 24.0 Å². The number of likely N-dealkylation sites (tertiary alicyclic amines) is 1. The first kappa shape index (κ1) is 25.4. The molecule has 1 aromatic rings. The van der Waals surface area contributed by atoms with Gasteiger partial charge in [-0.05, 0) is 50.3 Å². The molecule has 2 saturated heterocycles. The van der Waals surface area contributed by atoms with Crippen molar-refractivity contribution < 1.29 is 9.59 Å². The Morgan fingerprint density at radius 1 is 1.03 bits per heavy atom. The third-order valence-corrected chi connectivity index (χ3v) is 5.88. The van der Waals surface area contributed by atoms with Gasteiger partial charge < -0.3 is 20.4 Å². The van der Waals surface area contributed by atoms with Crippen LogP contribution in [0.25, 0.3) is 0 Å². The molecule has 1 unspecified atom stereocenters. The lowest BCUT2D eigenvalue weighted by molar-refractivity contribution is -0.129. The molecule has 3 rings (SSSR count). The van der Waals surface area contributed by atoms with Crippen LogP contribution < -0.4 is 15.5 Å². The number of hydrogen-bond donors (Lipinski definition) is 2. The van der Waals surface area contributed by atoms with Crippen LogP contribution in [-0.2, 0) is 16.1 Å². The average molecular weight is 541 g/mol. The number of nitrogens with zero attached hydrogens (tertiary/aromatic N) is 3. The Kier molecular flexibility index (Phi) is 10.6. The lowest BCUT2D eigenvalue weighted by atomic mass is 10.1. The Morgan fingerprint density at radius 2 is 1.74 bits per heavy atom. The number of anilines is 1. The van der Waals surface area contributed by atoms with Gasteiger partial charge in [-0.1, -0.05) is 19.1 Å². The van der Waals surface area contributed by atoms with Crippen molar-refractivity contribution in [2.45, 2.75) is 65.0 Å². The van der Waals surface area contributed by atoms with Gasteiger partial charge in [-0.2, -0.15) is 0 Å². The molecule has 0 spiro atoms. The number of guanidine groups is 1. The summed E-state index contributed by atoms with van der Waals surface area (Å²) in [5.41, 5.74) is 2.08. The fraction of sp³-hybridized carbons (Fsp3) is 0.609. The van der Waals surface area contributed by atoms with Crippen molar-refractivity contribution in [3.05, 3.63) is 29.8 Å². The van der Waals surface area contributed by atoms with E-state index in [2.05, 4.69) is 24.5 Å². The minimum atomic E-state index is 0. The molecule has 1 aromatic carbocycles. The largest absolute Gasteiger partial charge is 0.357 e. The number of carbonyl (C=O) groups is 2. The van der Waals surface area contributed by atoms with E-state index in [1.807, 2.05) is 34.1 Å². The average Bonchev–Trinajstić information content (AvgIpc) is 3.38. The molecule has 172 valence electrons. The Hall–Kier alpha value is -1.84. The van der Waals surface area contributed by atoms with E-state index < -0.39 is 0 Å². The van der Waals surface area contributed by atoms with E-state index >= 15 is 0 Å². The molecule has 0 aromatic heterocycles. The van der Waals surface area contributed by atoms with Crippen LogP contribution in [0.15, 0.2) is 29.3 Å². The molecule has 8 heteroatoms. The molecule has 2 fully saturated rings. The summed E-state index contributed by atoms with van der Waals surface area (Å²) in [7, 11) is 0. The molecular formula is C23H36IN5O2. The highest BCUT2D eigenvalue weighted by Gasteiger charge is 2.26. The van der Waals surface area contributed by atoms with Crippen molar-refractivity contribution in [3.63, 3.8) is 0 Å². The summed E-state index contributed by atoms with van der Waals surface area (Å²) >= 11 is 0. The van der Waals surface area contributed by atoms with Crippen molar-refractivity contribution >= 4 is 47.4 Å². The molecule has 2 aliphatic rings. The maximum atomic E-state index is 12.0. The molecule has 2 N–H and O–H groups in total. The molecule has 0 saturated carbocycles. The van der Waals surface area contributed by atoms with Crippen LogP contribution in [0.2, 0.25) is 0 Å².